The third-order valence-corrected chi connectivity index (χ3v) is 4.97. The van der Waals surface area contributed by atoms with Crippen LogP contribution >= 0.6 is 11.6 Å². The summed E-state index contributed by atoms with van der Waals surface area (Å²) in [6, 6.07) is 16.8. The molecule has 3 heteroatoms. The van der Waals surface area contributed by atoms with Crippen LogP contribution < -0.4 is 10.1 Å². The van der Waals surface area contributed by atoms with Crippen LogP contribution in [0.15, 0.2) is 48.5 Å². The van der Waals surface area contributed by atoms with Gasteiger partial charge in [-0.05, 0) is 36.6 Å². The van der Waals surface area contributed by atoms with E-state index in [1.54, 1.807) is 0 Å². The Morgan fingerprint density at radius 1 is 0.917 bits per heavy atom. The Labute approximate surface area is 150 Å². The minimum absolute atomic E-state index is 0.567. The van der Waals surface area contributed by atoms with E-state index in [0.717, 1.165) is 22.9 Å². The molecule has 0 heterocycles. The summed E-state index contributed by atoms with van der Waals surface area (Å²) in [6.07, 6.45) is 8.08. The quantitative estimate of drug-likeness (QED) is 0.676. The van der Waals surface area contributed by atoms with E-state index in [0.29, 0.717) is 12.6 Å². The first-order valence-corrected chi connectivity index (χ1v) is 9.37. The molecule has 0 radical (unpaired) electrons. The van der Waals surface area contributed by atoms with Gasteiger partial charge in [-0.2, -0.15) is 0 Å². The van der Waals surface area contributed by atoms with E-state index in [2.05, 4.69) is 23.5 Å². The van der Waals surface area contributed by atoms with Gasteiger partial charge in [-0.1, -0.05) is 67.6 Å². The second-order valence-electron chi connectivity index (χ2n) is 6.59. The van der Waals surface area contributed by atoms with Gasteiger partial charge in [0.1, 0.15) is 12.4 Å². The number of ether oxygens (including phenoxy) is 1. The Hall–Kier alpha value is -1.51. The molecule has 0 amide bonds. The number of hydrogen-bond donors (Lipinski definition) is 1. The second kappa shape index (κ2) is 9.10. The first-order valence-electron chi connectivity index (χ1n) is 9.00. The van der Waals surface area contributed by atoms with Gasteiger partial charge in [0.25, 0.3) is 0 Å². The van der Waals surface area contributed by atoms with Crippen molar-refractivity contribution in [2.45, 2.75) is 57.7 Å². The third kappa shape index (κ3) is 5.25. The van der Waals surface area contributed by atoms with Crippen molar-refractivity contribution in [3.05, 3.63) is 64.7 Å². The molecule has 0 spiro atoms. The molecule has 0 aliphatic heterocycles. The predicted octanol–water partition coefficient (Wildman–Crippen LogP) is 5.73. The van der Waals surface area contributed by atoms with E-state index in [1.165, 1.54) is 44.1 Å². The van der Waals surface area contributed by atoms with Gasteiger partial charge in [0.15, 0.2) is 0 Å². The first-order chi connectivity index (χ1) is 11.8. The maximum Gasteiger partial charge on any atom is 0.124 e. The number of nitrogens with one attached hydrogen (secondary N) is 1. The minimum atomic E-state index is 0.567. The molecule has 2 nitrogen and oxygen atoms in total. The molecule has 0 unspecified atom stereocenters. The summed E-state index contributed by atoms with van der Waals surface area (Å²) in [4.78, 5) is 0. The Bertz CT molecular complexity index is 618. The highest BCUT2D eigenvalue weighted by atomic mass is 35.5. The summed E-state index contributed by atoms with van der Waals surface area (Å²) in [5.41, 5.74) is 2.36. The lowest BCUT2D eigenvalue weighted by atomic mass is 10.1. The van der Waals surface area contributed by atoms with Gasteiger partial charge in [-0.15, -0.1) is 0 Å². The van der Waals surface area contributed by atoms with Crippen LogP contribution in [0.25, 0.3) is 0 Å². The summed E-state index contributed by atoms with van der Waals surface area (Å²) in [5.74, 6) is 0.966. The second-order valence-corrected chi connectivity index (χ2v) is 7.03. The molecule has 0 atom stereocenters. The number of hydrogen-bond acceptors (Lipinski definition) is 2. The summed E-state index contributed by atoms with van der Waals surface area (Å²) < 4.78 is 6.04. The van der Waals surface area contributed by atoms with E-state index in [4.69, 9.17) is 16.3 Å². The fraction of sp³-hybridized carbons (Fsp3) is 0.429. The Morgan fingerprint density at radius 2 is 1.62 bits per heavy atom. The van der Waals surface area contributed by atoms with E-state index < -0.39 is 0 Å². The Balaban J connectivity index is 1.56. The molecule has 1 aliphatic rings. The lowest BCUT2D eigenvalue weighted by molar-refractivity contribution is 0.301. The van der Waals surface area contributed by atoms with E-state index in [1.807, 2.05) is 30.3 Å². The number of para-hydroxylation sites is 1. The molecular formula is C21H26ClNO. The molecule has 0 aromatic heterocycles. The van der Waals surface area contributed by atoms with Crippen molar-refractivity contribution in [3.63, 3.8) is 0 Å². The zero-order chi connectivity index (χ0) is 16.6. The fourth-order valence-corrected chi connectivity index (χ4v) is 3.40. The van der Waals surface area contributed by atoms with Gasteiger partial charge in [0, 0.05) is 23.2 Å². The van der Waals surface area contributed by atoms with Crippen LogP contribution in [0.1, 0.15) is 49.7 Å². The predicted molar refractivity (Wildman–Crippen MR) is 101 cm³/mol. The highest BCUT2D eigenvalue weighted by Gasteiger charge is 2.12. The zero-order valence-corrected chi connectivity index (χ0v) is 14.9. The largest absolute Gasteiger partial charge is 0.489 e. The van der Waals surface area contributed by atoms with E-state index in [-0.39, 0.29) is 0 Å². The smallest absolute Gasteiger partial charge is 0.124 e. The average Bonchev–Trinajstić information content (AvgIpc) is 2.89. The van der Waals surface area contributed by atoms with Crippen molar-refractivity contribution in [1.29, 1.82) is 0 Å². The average molecular weight is 344 g/mol. The molecule has 3 rings (SSSR count). The number of rotatable bonds is 6. The summed E-state index contributed by atoms with van der Waals surface area (Å²) in [6.45, 7) is 1.44. The number of halogens is 1. The van der Waals surface area contributed by atoms with E-state index in [9.17, 15) is 0 Å². The normalized spacial score (nSPS) is 15.9. The van der Waals surface area contributed by atoms with Gasteiger partial charge >= 0.3 is 0 Å². The lowest BCUT2D eigenvalue weighted by Gasteiger charge is -2.18. The van der Waals surface area contributed by atoms with Crippen molar-refractivity contribution < 1.29 is 4.74 Å². The highest BCUT2D eigenvalue weighted by Crippen LogP contribution is 2.22. The first kappa shape index (κ1) is 17.3. The van der Waals surface area contributed by atoms with Gasteiger partial charge in [-0.25, -0.2) is 0 Å². The molecule has 1 saturated carbocycles. The summed E-state index contributed by atoms with van der Waals surface area (Å²) in [5, 5.41) is 4.48. The van der Waals surface area contributed by atoms with Crippen molar-refractivity contribution >= 4 is 11.6 Å². The van der Waals surface area contributed by atoms with E-state index >= 15 is 0 Å². The molecule has 0 bridgehead atoms. The van der Waals surface area contributed by atoms with Crippen LogP contribution in [0.5, 0.6) is 5.75 Å². The Kier molecular flexibility index (Phi) is 6.57. The number of benzene rings is 2. The molecule has 1 N–H and O–H groups in total. The SMILES string of the molecule is Clc1ccc(COc2ccccc2CNC2CCCCCC2)cc1. The molecule has 0 saturated heterocycles. The van der Waals surface area contributed by atoms with Gasteiger partial charge in [0.2, 0.25) is 0 Å². The molecule has 1 fully saturated rings. The van der Waals surface area contributed by atoms with Gasteiger partial charge < -0.3 is 10.1 Å². The third-order valence-electron chi connectivity index (χ3n) is 4.72. The van der Waals surface area contributed by atoms with Crippen molar-refractivity contribution in [1.82, 2.24) is 5.32 Å². The maximum absolute atomic E-state index is 6.04. The maximum atomic E-state index is 6.04. The molecule has 128 valence electrons. The van der Waals surface area contributed by atoms with Crippen LogP contribution in [0.4, 0.5) is 0 Å². The van der Waals surface area contributed by atoms with Crippen molar-refractivity contribution in [3.8, 4) is 5.75 Å². The highest BCUT2D eigenvalue weighted by molar-refractivity contribution is 6.30. The molecule has 1 aliphatic carbocycles. The van der Waals surface area contributed by atoms with Crippen LogP contribution in [0, 0.1) is 0 Å². The zero-order valence-electron chi connectivity index (χ0n) is 14.1. The van der Waals surface area contributed by atoms with Crippen molar-refractivity contribution in [2.75, 3.05) is 0 Å². The van der Waals surface area contributed by atoms with Crippen LogP contribution in [0.3, 0.4) is 0 Å². The Morgan fingerprint density at radius 3 is 2.38 bits per heavy atom. The van der Waals surface area contributed by atoms with Crippen LogP contribution in [-0.2, 0) is 13.2 Å². The molecular weight excluding hydrogens is 318 g/mol. The summed E-state index contributed by atoms with van der Waals surface area (Å²) >= 11 is 5.93. The topological polar surface area (TPSA) is 21.3 Å². The molecule has 24 heavy (non-hydrogen) atoms. The monoisotopic (exact) mass is 343 g/mol. The summed E-state index contributed by atoms with van der Waals surface area (Å²) in [7, 11) is 0. The van der Waals surface area contributed by atoms with Gasteiger partial charge in [0.05, 0.1) is 0 Å². The van der Waals surface area contributed by atoms with Crippen LogP contribution in [-0.4, -0.2) is 6.04 Å². The van der Waals surface area contributed by atoms with Crippen LogP contribution in [0.2, 0.25) is 5.02 Å². The van der Waals surface area contributed by atoms with Gasteiger partial charge in [-0.3, -0.25) is 0 Å². The fourth-order valence-electron chi connectivity index (χ4n) is 3.27. The lowest BCUT2D eigenvalue weighted by Crippen LogP contribution is -2.28. The minimum Gasteiger partial charge on any atom is -0.489 e. The standard InChI is InChI=1S/C21H26ClNO/c22-19-13-11-17(12-14-19)16-24-21-10-6-5-7-18(21)15-23-20-8-3-1-2-4-9-20/h5-7,10-14,20,23H,1-4,8-9,15-16H2. The molecule has 2 aromatic rings. The van der Waals surface area contributed by atoms with Crippen molar-refractivity contribution in [2.24, 2.45) is 0 Å². The molecule has 2 aromatic carbocycles.